The first-order chi connectivity index (χ1) is 12.8. The Morgan fingerprint density at radius 1 is 1.08 bits per heavy atom. The van der Waals surface area contributed by atoms with E-state index in [-0.39, 0.29) is 5.91 Å². The van der Waals surface area contributed by atoms with Crippen LogP contribution in [-0.4, -0.2) is 29.0 Å². The Morgan fingerprint density at radius 3 is 2.77 bits per heavy atom. The van der Waals surface area contributed by atoms with Crippen LogP contribution in [0, 0.1) is 5.92 Å². The van der Waals surface area contributed by atoms with Crippen molar-refractivity contribution in [2.24, 2.45) is 5.92 Å². The molecule has 3 aromatic rings. The molecule has 0 bridgehead atoms. The highest BCUT2D eigenvalue weighted by molar-refractivity contribution is 5.94. The van der Waals surface area contributed by atoms with Crippen molar-refractivity contribution in [1.29, 1.82) is 0 Å². The average Bonchev–Trinajstić information content (AvgIpc) is 3.51. The number of para-hydroxylation sites is 1. The maximum atomic E-state index is 12.2. The van der Waals surface area contributed by atoms with Gasteiger partial charge in [0, 0.05) is 36.8 Å². The molecule has 1 amide bonds. The van der Waals surface area contributed by atoms with Crippen molar-refractivity contribution in [3.05, 3.63) is 66.0 Å². The molecule has 1 fully saturated rings. The van der Waals surface area contributed by atoms with Gasteiger partial charge >= 0.3 is 0 Å². The molecule has 1 saturated carbocycles. The van der Waals surface area contributed by atoms with Crippen molar-refractivity contribution >= 4 is 22.6 Å². The van der Waals surface area contributed by atoms with Crippen LogP contribution in [0.2, 0.25) is 0 Å². The van der Waals surface area contributed by atoms with Gasteiger partial charge in [-0.2, -0.15) is 0 Å². The SMILES string of the molecule is O=C(NCCc1ccc2ccccc2n1)c1ccc(NCC2CC2)nc1. The molecule has 4 rings (SSSR count). The van der Waals surface area contributed by atoms with Gasteiger partial charge in [0.2, 0.25) is 0 Å². The van der Waals surface area contributed by atoms with Gasteiger partial charge in [-0.05, 0) is 43.0 Å². The van der Waals surface area contributed by atoms with Crippen LogP contribution in [-0.2, 0) is 6.42 Å². The number of amides is 1. The molecule has 1 aliphatic carbocycles. The first kappa shape index (κ1) is 16.5. The molecule has 2 aromatic heterocycles. The molecule has 2 N–H and O–H groups in total. The third-order valence-electron chi connectivity index (χ3n) is 4.62. The number of benzene rings is 1. The Balaban J connectivity index is 1.28. The third-order valence-corrected chi connectivity index (χ3v) is 4.62. The molecule has 0 aliphatic heterocycles. The second kappa shape index (κ2) is 7.52. The number of carbonyl (C=O) groups excluding carboxylic acids is 1. The van der Waals surface area contributed by atoms with Gasteiger partial charge in [-0.15, -0.1) is 0 Å². The van der Waals surface area contributed by atoms with Crippen LogP contribution in [0.1, 0.15) is 28.9 Å². The second-order valence-corrected chi connectivity index (χ2v) is 6.76. The quantitative estimate of drug-likeness (QED) is 0.688. The van der Waals surface area contributed by atoms with E-state index in [0.717, 1.165) is 34.9 Å². The highest BCUT2D eigenvalue weighted by Gasteiger charge is 2.20. The maximum Gasteiger partial charge on any atom is 0.252 e. The number of anilines is 1. The highest BCUT2D eigenvalue weighted by atomic mass is 16.1. The van der Waals surface area contributed by atoms with E-state index in [4.69, 9.17) is 0 Å². The molecule has 5 nitrogen and oxygen atoms in total. The van der Waals surface area contributed by atoms with E-state index in [2.05, 4.69) is 26.7 Å². The summed E-state index contributed by atoms with van der Waals surface area (Å²) in [4.78, 5) is 21.2. The number of aromatic nitrogens is 2. The predicted molar refractivity (Wildman–Crippen MR) is 103 cm³/mol. The normalized spacial score (nSPS) is 13.5. The van der Waals surface area contributed by atoms with Gasteiger partial charge in [0.1, 0.15) is 5.82 Å². The molecule has 0 radical (unpaired) electrons. The molecular weight excluding hydrogens is 324 g/mol. The van der Waals surface area contributed by atoms with Crippen LogP contribution >= 0.6 is 0 Å². The first-order valence-electron chi connectivity index (χ1n) is 9.11. The van der Waals surface area contributed by atoms with Gasteiger partial charge in [0.15, 0.2) is 0 Å². The van der Waals surface area contributed by atoms with Gasteiger partial charge in [-0.25, -0.2) is 4.98 Å². The van der Waals surface area contributed by atoms with Gasteiger partial charge in [0.05, 0.1) is 11.1 Å². The maximum absolute atomic E-state index is 12.2. The second-order valence-electron chi connectivity index (χ2n) is 6.76. The van der Waals surface area contributed by atoms with Crippen molar-refractivity contribution in [1.82, 2.24) is 15.3 Å². The average molecular weight is 346 g/mol. The molecule has 0 unspecified atom stereocenters. The summed E-state index contributed by atoms with van der Waals surface area (Å²) in [5.41, 5.74) is 2.53. The van der Waals surface area contributed by atoms with E-state index in [9.17, 15) is 4.79 Å². The lowest BCUT2D eigenvalue weighted by molar-refractivity contribution is 0.0954. The number of nitrogens with zero attached hydrogens (tertiary/aromatic N) is 2. The van der Waals surface area contributed by atoms with Crippen LogP contribution in [0.15, 0.2) is 54.7 Å². The van der Waals surface area contributed by atoms with Crippen molar-refractivity contribution in [2.45, 2.75) is 19.3 Å². The Morgan fingerprint density at radius 2 is 1.96 bits per heavy atom. The number of hydrogen-bond acceptors (Lipinski definition) is 4. The van der Waals surface area contributed by atoms with Crippen molar-refractivity contribution in [2.75, 3.05) is 18.4 Å². The number of nitrogens with one attached hydrogen (secondary N) is 2. The van der Waals surface area contributed by atoms with Crippen molar-refractivity contribution in [3.8, 4) is 0 Å². The van der Waals surface area contributed by atoms with Gasteiger partial charge < -0.3 is 10.6 Å². The summed E-state index contributed by atoms with van der Waals surface area (Å²) in [6, 6.07) is 15.8. The smallest absolute Gasteiger partial charge is 0.252 e. The van der Waals surface area contributed by atoms with E-state index in [1.54, 1.807) is 6.20 Å². The minimum atomic E-state index is -0.105. The number of fused-ring (bicyclic) bond motifs is 1. The fourth-order valence-electron chi connectivity index (χ4n) is 2.86. The summed E-state index contributed by atoms with van der Waals surface area (Å²) in [5.74, 6) is 1.52. The van der Waals surface area contributed by atoms with Gasteiger partial charge in [-0.3, -0.25) is 9.78 Å². The predicted octanol–water partition coefficient (Wildman–Crippen LogP) is 3.42. The fourth-order valence-corrected chi connectivity index (χ4v) is 2.86. The molecule has 0 spiro atoms. The van der Waals surface area contributed by atoms with Crippen LogP contribution in [0.5, 0.6) is 0 Å². The highest BCUT2D eigenvalue weighted by Crippen LogP contribution is 2.28. The summed E-state index contributed by atoms with van der Waals surface area (Å²) in [6.45, 7) is 1.52. The monoisotopic (exact) mass is 346 g/mol. The fraction of sp³-hybridized carbons (Fsp3) is 0.286. The van der Waals surface area contributed by atoms with Crippen LogP contribution < -0.4 is 10.6 Å². The van der Waals surface area contributed by atoms with E-state index < -0.39 is 0 Å². The Kier molecular flexibility index (Phi) is 4.78. The van der Waals surface area contributed by atoms with Crippen LogP contribution in [0.4, 0.5) is 5.82 Å². The summed E-state index contributed by atoms with van der Waals surface area (Å²) in [7, 11) is 0. The Bertz CT molecular complexity index is 903. The summed E-state index contributed by atoms with van der Waals surface area (Å²) >= 11 is 0. The Hall–Kier alpha value is -2.95. The number of hydrogen-bond donors (Lipinski definition) is 2. The van der Waals surface area contributed by atoms with E-state index in [1.165, 1.54) is 12.8 Å². The van der Waals surface area contributed by atoms with Gasteiger partial charge in [-0.1, -0.05) is 24.3 Å². The molecule has 1 aromatic carbocycles. The van der Waals surface area contributed by atoms with Crippen molar-refractivity contribution in [3.63, 3.8) is 0 Å². The molecule has 26 heavy (non-hydrogen) atoms. The zero-order valence-corrected chi connectivity index (χ0v) is 14.6. The summed E-state index contributed by atoms with van der Waals surface area (Å²) in [5, 5.41) is 7.36. The standard InChI is InChI=1S/C21H22N4O/c26-21(17-8-10-20(24-14-17)23-13-15-5-6-15)22-12-11-18-9-7-16-3-1-2-4-19(16)25-18/h1-4,7-10,14-15H,5-6,11-13H2,(H,22,26)(H,23,24). The third kappa shape index (κ3) is 4.17. The molecule has 0 atom stereocenters. The minimum Gasteiger partial charge on any atom is -0.370 e. The van der Waals surface area contributed by atoms with Crippen molar-refractivity contribution < 1.29 is 4.79 Å². The molecular formula is C21H22N4O. The number of rotatable bonds is 7. The molecule has 2 heterocycles. The molecule has 0 saturated heterocycles. The summed E-state index contributed by atoms with van der Waals surface area (Å²) < 4.78 is 0. The Labute approximate surface area is 152 Å². The molecule has 132 valence electrons. The van der Waals surface area contributed by atoms with Gasteiger partial charge in [0.25, 0.3) is 5.91 Å². The van der Waals surface area contributed by atoms with Crippen LogP contribution in [0.3, 0.4) is 0 Å². The number of carbonyl (C=O) groups is 1. The van der Waals surface area contributed by atoms with Crippen LogP contribution in [0.25, 0.3) is 10.9 Å². The molecule has 1 aliphatic rings. The summed E-state index contributed by atoms with van der Waals surface area (Å²) in [6.07, 6.45) is 4.93. The lowest BCUT2D eigenvalue weighted by atomic mass is 10.2. The largest absolute Gasteiger partial charge is 0.370 e. The minimum absolute atomic E-state index is 0.105. The zero-order chi connectivity index (χ0) is 17.8. The van der Waals surface area contributed by atoms with E-state index >= 15 is 0 Å². The zero-order valence-electron chi connectivity index (χ0n) is 14.6. The topological polar surface area (TPSA) is 66.9 Å². The lowest BCUT2D eigenvalue weighted by Gasteiger charge is -2.07. The lowest BCUT2D eigenvalue weighted by Crippen LogP contribution is -2.26. The first-order valence-corrected chi connectivity index (χ1v) is 9.11. The number of pyridine rings is 2. The molecule has 5 heteroatoms. The van der Waals surface area contributed by atoms with E-state index in [0.29, 0.717) is 18.5 Å². The van der Waals surface area contributed by atoms with E-state index in [1.807, 2.05) is 42.5 Å².